The number of carbonyl (C=O) groups excluding carboxylic acids is 1. The molecule has 5 heteroatoms. The lowest BCUT2D eigenvalue weighted by molar-refractivity contribution is -0.144. The van der Waals surface area contributed by atoms with Gasteiger partial charge < -0.3 is 14.4 Å². The van der Waals surface area contributed by atoms with Gasteiger partial charge in [0.2, 0.25) is 5.91 Å². The van der Waals surface area contributed by atoms with Crippen LogP contribution in [0.15, 0.2) is 18.2 Å². The highest BCUT2D eigenvalue weighted by Gasteiger charge is 2.33. The van der Waals surface area contributed by atoms with Gasteiger partial charge in [-0.2, -0.15) is 0 Å². The number of hydrogen-bond acceptors (Lipinski definition) is 3. The van der Waals surface area contributed by atoms with Gasteiger partial charge in [0.05, 0.1) is 25.2 Å². The summed E-state index contributed by atoms with van der Waals surface area (Å²) in [6.45, 7) is 4.36. The maximum absolute atomic E-state index is 12.6. The standard InChI is InChI=1S/C15H18ClNO3/c1-10-8-19-5-4-17(10)15(18)12-6-11-7-13(16)2-3-14(11)20-9-12/h2-3,7,10,12H,4-6,8-9H2,1H3/t10-,12+/m0/s1. The molecule has 0 aliphatic carbocycles. The minimum atomic E-state index is -0.124. The lowest BCUT2D eigenvalue weighted by atomic mass is 9.95. The van der Waals surface area contributed by atoms with Gasteiger partial charge >= 0.3 is 0 Å². The molecule has 20 heavy (non-hydrogen) atoms. The van der Waals surface area contributed by atoms with Crippen molar-refractivity contribution in [2.45, 2.75) is 19.4 Å². The number of rotatable bonds is 1. The van der Waals surface area contributed by atoms with Crippen LogP contribution in [0.5, 0.6) is 5.75 Å². The molecule has 1 aromatic rings. The molecular formula is C15H18ClNO3. The first kappa shape index (κ1) is 13.7. The molecular weight excluding hydrogens is 278 g/mol. The maximum atomic E-state index is 12.6. The van der Waals surface area contributed by atoms with Crippen LogP contribution in [-0.4, -0.2) is 43.2 Å². The molecule has 0 spiro atoms. The van der Waals surface area contributed by atoms with E-state index in [-0.39, 0.29) is 17.9 Å². The Hall–Kier alpha value is -1.26. The fourth-order valence-corrected chi connectivity index (χ4v) is 3.01. The van der Waals surface area contributed by atoms with Crippen molar-refractivity contribution in [3.63, 3.8) is 0 Å². The second-order valence-corrected chi connectivity index (χ2v) is 5.86. The number of morpholine rings is 1. The summed E-state index contributed by atoms with van der Waals surface area (Å²) in [5.74, 6) is 0.876. The Morgan fingerprint density at radius 2 is 2.25 bits per heavy atom. The number of nitrogens with zero attached hydrogens (tertiary/aromatic N) is 1. The van der Waals surface area contributed by atoms with Crippen LogP contribution in [0.2, 0.25) is 5.02 Å². The largest absolute Gasteiger partial charge is 0.492 e. The average Bonchev–Trinajstić information content (AvgIpc) is 2.46. The molecule has 2 heterocycles. The van der Waals surface area contributed by atoms with Gasteiger partial charge in [-0.15, -0.1) is 0 Å². The summed E-state index contributed by atoms with van der Waals surface area (Å²) in [5.41, 5.74) is 1.02. The monoisotopic (exact) mass is 295 g/mol. The summed E-state index contributed by atoms with van der Waals surface area (Å²) in [5, 5.41) is 0.681. The lowest BCUT2D eigenvalue weighted by Gasteiger charge is -2.36. The van der Waals surface area contributed by atoms with Crippen LogP contribution < -0.4 is 4.74 Å². The van der Waals surface area contributed by atoms with Crippen molar-refractivity contribution in [2.24, 2.45) is 5.92 Å². The Labute approximate surface area is 123 Å². The molecule has 0 bridgehead atoms. The van der Waals surface area contributed by atoms with Gasteiger partial charge in [-0.1, -0.05) is 11.6 Å². The van der Waals surface area contributed by atoms with Crippen molar-refractivity contribution in [3.05, 3.63) is 28.8 Å². The van der Waals surface area contributed by atoms with E-state index in [1.165, 1.54) is 0 Å². The van der Waals surface area contributed by atoms with Gasteiger partial charge in [-0.3, -0.25) is 4.79 Å². The Bertz CT molecular complexity index is 520. The maximum Gasteiger partial charge on any atom is 0.229 e. The van der Waals surface area contributed by atoms with Crippen LogP contribution in [0.4, 0.5) is 0 Å². The molecule has 1 fully saturated rings. The molecule has 1 amide bonds. The third-order valence-electron chi connectivity index (χ3n) is 3.93. The molecule has 108 valence electrons. The molecule has 4 nitrogen and oxygen atoms in total. The average molecular weight is 296 g/mol. The van der Waals surface area contributed by atoms with E-state index in [0.29, 0.717) is 37.8 Å². The minimum absolute atomic E-state index is 0.124. The van der Waals surface area contributed by atoms with E-state index in [1.54, 1.807) is 0 Å². The van der Waals surface area contributed by atoms with Crippen molar-refractivity contribution < 1.29 is 14.3 Å². The number of halogens is 1. The third-order valence-corrected chi connectivity index (χ3v) is 4.16. The van der Waals surface area contributed by atoms with Gasteiger partial charge in [-0.25, -0.2) is 0 Å². The zero-order valence-electron chi connectivity index (χ0n) is 11.5. The third kappa shape index (κ3) is 2.63. The van der Waals surface area contributed by atoms with E-state index in [9.17, 15) is 4.79 Å². The molecule has 1 saturated heterocycles. The highest BCUT2D eigenvalue weighted by Crippen LogP contribution is 2.30. The van der Waals surface area contributed by atoms with Crippen molar-refractivity contribution in [3.8, 4) is 5.75 Å². The van der Waals surface area contributed by atoms with Crippen LogP contribution in [0, 0.1) is 5.92 Å². The number of benzene rings is 1. The molecule has 0 unspecified atom stereocenters. The molecule has 3 rings (SSSR count). The van der Waals surface area contributed by atoms with Crippen LogP contribution in [0.1, 0.15) is 12.5 Å². The molecule has 1 aromatic carbocycles. The molecule has 0 N–H and O–H groups in total. The van der Waals surface area contributed by atoms with Gasteiger partial charge in [0, 0.05) is 11.6 Å². The molecule has 2 aliphatic rings. The van der Waals surface area contributed by atoms with E-state index >= 15 is 0 Å². The zero-order chi connectivity index (χ0) is 14.1. The highest BCUT2D eigenvalue weighted by atomic mass is 35.5. The Morgan fingerprint density at radius 3 is 3.05 bits per heavy atom. The Kier molecular flexibility index (Phi) is 3.85. The zero-order valence-corrected chi connectivity index (χ0v) is 12.2. The highest BCUT2D eigenvalue weighted by molar-refractivity contribution is 6.30. The fraction of sp³-hybridized carbons (Fsp3) is 0.533. The van der Waals surface area contributed by atoms with Gasteiger partial charge in [0.15, 0.2) is 0 Å². The van der Waals surface area contributed by atoms with Gasteiger partial charge in [0.25, 0.3) is 0 Å². The summed E-state index contributed by atoms with van der Waals surface area (Å²) >= 11 is 6.01. The first-order chi connectivity index (χ1) is 9.65. The first-order valence-corrected chi connectivity index (χ1v) is 7.32. The SMILES string of the molecule is C[C@H]1COCCN1C(=O)[C@H]1COc2ccc(Cl)cc2C1. The first-order valence-electron chi connectivity index (χ1n) is 6.94. The quantitative estimate of drug-likeness (QED) is 0.797. The van der Waals surface area contributed by atoms with E-state index in [2.05, 4.69) is 0 Å². The van der Waals surface area contributed by atoms with E-state index in [0.717, 1.165) is 11.3 Å². The Balaban J connectivity index is 1.74. The van der Waals surface area contributed by atoms with Crippen molar-refractivity contribution in [1.82, 2.24) is 4.90 Å². The number of fused-ring (bicyclic) bond motifs is 1. The van der Waals surface area contributed by atoms with E-state index in [4.69, 9.17) is 21.1 Å². The number of amides is 1. The molecule has 0 saturated carbocycles. The van der Waals surface area contributed by atoms with E-state index < -0.39 is 0 Å². The molecule has 0 aromatic heterocycles. The Morgan fingerprint density at radius 1 is 1.40 bits per heavy atom. The van der Waals surface area contributed by atoms with Gasteiger partial charge in [0.1, 0.15) is 12.4 Å². The fourth-order valence-electron chi connectivity index (χ4n) is 2.81. The molecule has 2 atom stereocenters. The lowest BCUT2D eigenvalue weighted by Crippen LogP contribution is -2.51. The normalized spacial score (nSPS) is 25.8. The van der Waals surface area contributed by atoms with Crippen LogP contribution in [-0.2, 0) is 16.0 Å². The number of hydrogen-bond donors (Lipinski definition) is 0. The van der Waals surface area contributed by atoms with Crippen LogP contribution >= 0.6 is 11.6 Å². The van der Waals surface area contributed by atoms with Crippen molar-refractivity contribution >= 4 is 17.5 Å². The summed E-state index contributed by atoms with van der Waals surface area (Å²) < 4.78 is 11.1. The van der Waals surface area contributed by atoms with Crippen LogP contribution in [0.3, 0.4) is 0 Å². The predicted octanol–water partition coefficient (Wildman–Crippen LogP) is 2.14. The van der Waals surface area contributed by atoms with Gasteiger partial charge in [-0.05, 0) is 37.1 Å². The topological polar surface area (TPSA) is 38.8 Å². The molecule has 2 aliphatic heterocycles. The second kappa shape index (κ2) is 5.62. The summed E-state index contributed by atoms with van der Waals surface area (Å²) in [4.78, 5) is 14.5. The smallest absolute Gasteiger partial charge is 0.229 e. The summed E-state index contributed by atoms with van der Waals surface area (Å²) in [7, 11) is 0. The summed E-state index contributed by atoms with van der Waals surface area (Å²) in [6.07, 6.45) is 0.693. The van der Waals surface area contributed by atoms with Crippen LogP contribution in [0.25, 0.3) is 0 Å². The summed E-state index contributed by atoms with van der Waals surface area (Å²) in [6, 6.07) is 5.71. The molecule has 0 radical (unpaired) electrons. The van der Waals surface area contributed by atoms with Crippen molar-refractivity contribution in [2.75, 3.05) is 26.4 Å². The van der Waals surface area contributed by atoms with E-state index in [1.807, 2.05) is 30.0 Å². The number of ether oxygens (including phenoxy) is 2. The predicted molar refractivity (Wildman–Crippen MR) is 76.1 cm³/mol. The second-order valence-electron chi connectivity index (χ2n) is 5.42. The minimum Gasteiger partial charge on any atom is -0.492 e. The number of carbonyl (C=O) groups is 1. The van der Waals surface area contributed by atoms with Crippen molar-refractivity contribution in [1.29, 1.82) is 0 Å².